The van der Waals surface area contributed by atoms with Gasteiger partial charge in [-0.25, -0.2) is 4.39 Å². The number of carboxylic acids is 1. The molecule has 1 aromatic carbocycles. The Morgan fingerprint density at radius 2 is 1.73 bits per heavy atom. The molecule has 1 aliphatic heterocycles. The maximum absolute atomic E-state index is 14.6. The fraction of sp³-hybridized carbons (Fsp3) is 0.588. The minimum absolute atomic E-state index is 0.224. The van der Waals surface area contributed by atoms with Crippen LogP contribution in [0.5, 0.6) is 11.5 Å². The summed E-state index contributed by atoms with van der Waals surface area (Å²) in [4.78, 5) is 11.4. The van der Waals surface area contributed by atoms with Gasteiger partial charge in [-0.1, -0.05) is 0 Å². The lowest BCUT2D eigenvalue weighted by Crippen LogP contribution is -2.27. The summed E-state index contributed by atoms with van der Waals surface area (Å²) in [5, 5.41) is 9.33. The van der Waals surface area contributed by atoms with Gasteiger partial charge in [0.2, 0.25) is 0 Å². The molecule has 1 N–H and O–H groups in total. The summed E-state index contributed by atoms with van der Waals surface area (Å²) in [6, 6.07) is 3.37. The third-order valence-electron chi connectivity index (χ3n) is 3.83. The lowest BCUT2D eigenvalue weighted by atomic mass is 9.81. The number of ether oxygens (including phenoxy) is 2. The summed E-state index contributed by atoms with van der Waals surface area (Å²) in [6.07, 6.45) is 0.987. The fourth-order valence-corrected chi connectivity index (χ4v) is 2.50. The third-order valence-corrected chi connectivity index (χ3v) is 3.83. The number of benzene rings is 1. The SMILES string of the molecule is CC(C)(Cc1cc2c(cc1C(C)(C)F)OCCCO2)C(=O)O. The molecule has 0 aromatic heterocycles. The molecule has 0 unspecified atom stereocenters. The average molecular weight is 310 g/mol. The molecule has 4 nitrogen and oxygen atoms in total. The van der Waals surface area contributed by atoms with Crippen LogP contribution in [0.15, 0.2) is 12.1 Å². The van der Waals surface area contributed by atoms with Crippen LogP contribution in [0.3, 0.4) is 0 Å². The van der Waals surface area contributed by atoms with E-state index in [1.165, 1.54) is 13.8 Å². The number of fused-ring (bicyclic) bond motifs is 1. The average Bonchev–Trinajstić information content (AvgIpc) is 2.60. The van der Waals surface area contributed by atoms with Crippen molar-refractivity contribution in [3.63, 3.8) is 0 Å². The molecule has 5 heteroatoms. The monoisotopic (exact) mass is 310 g/mol. The van der Waals surface area contributed by atoms with Gasteiger partial charge in [-0.05, 0) is 57.4 Å². The molecular weight excluding hydrogens is 287 g/mol. The van der Waals surface area contributed by atoms with Crippen LogP contribution in [-0.2, 0) is 16.9 Å². The van der Waals surface area contributed by atoms with Crippen molar-refractivity contribution in [2.24, 2.45) is 5.41 Å². The first kappa shape index (κ1) is 16.6. The van der Waals surface area contributed by atoms with Gasteiger partial charge in [0.15, 0.2) is 11.5 Å². The number of hydrogen-bond donors (Lipinski definition) is 1. The van der Waals surface area contributed by atoms with Crippen molar-refractivity contribution in [3.05, 3.63) is 23.3 Å². The van der Waals surface area contributed by atoms with Crippen LogP contribution in [0.4, 0.5) is 4.39 Å². The van der Waals surface area contributed by atoms with Crippen molar-refractivity contribution >= 4 is 5.97 Å². The van der Waals surface area contributed by atoms with Crippen LogP contribution in [0, 0.1) is 5.41 Å². The summed E-state index contributed by atoms with van der Waals surface area (Å²) in [6.45, 7) is 7.25. The molecule has 0 fully saturated rings. The number of carbonyl (C=O) groups is 1. The Hall–Kier alpha value is -1.78. The Morgan fingerprint density at radius 3 is 2.23 bits per heavy atom. The second-order valence-corrected chi connectivity index (χ2v) is 6.84. The Kier molecular flexibility index (Phi) is 4.36. The van der Waals surface area contributed by atoms with Crippen LogP contribution in [0.25, 0.3) is 0 Å². The zero-order chi connectivity index (χ0) is 16.5. The number of carboxylic acid groups (broad SMARTS) is 1. The van der Waals surface area contributed by atoms with Crippen LogP contribution >= 0.6 is 0 Å². The largest absolute Gasteiger partial charge is 0.490 e. The van der Waals surface area contributed by atoms with E-state index in [4.69, 9.17) is 9.47 Å². The maximum Gasteiger partial charge on any atom is 0.309 e. The first-order valence-corrected chi connectivity index (χ1v) is 7.46. The predicted molar refractivity (Wildman–Crippen MR) is 81.3 cm³/mol. The summed E-state index contributed by atoms with van der Waals surface area (Å²) in [5.74, 6) is 0.166. The molecule has 0 spiro atoms. The van der Waals surface area contributed by atoms with Crippen LogP contribution < -0.4 is 9.47 Å². The first-order valence-electron chi connectivity index (χ1n) is 7.46. The van der Waals surface area contributed by atoms with Gasteiger partial charge < -0.3 is 14.6 Å². The van der Waals surface area contributed by atoms with Gasteiger partial charge in [0.25, 0.3) is 0 Å². The van der Waals surface area contributed by atoms with E-state index in [2.05, 4.69) is 0 Å². The van der Waals surface area contributed by atoms with Crippen LogP contribution in [0.1, 0.15) is 45.2 Å². The van der Waals surface area contributed by atoms with Crippen molar-refractivity contribution in [1.29, 1.82) is 0 Å². The van der Waals surface area contributed by atoms with E-state index in [1.807, 2.05) is 0 Å². The molecule has 0 atom stereocenters. The van der Waals surface area contributed by atoms with Crippen LogP contribution in [-0.4, -0.2) is 24.3 Å². The molecule has 2 rings (SSSR count). The van der Waals surface area contributed by atoms with Crippen molar-refractivity contribution in [3.8, 4) is 11.5 Å². The van der Waals surface area contributed by atoms with E-state index in [9.17, 15) is 14.3 Å². The smallest absolute Gasteiger partial charge is 0.309 e. The normalized spacial score (nSPS) is 15.3. The zero-order valence-electron chi connectivity index (χ0n) is 13.5. The summed E-state index contributed by atoms with van der Waals surface area (Å²) in [5.41, 5.74) is -1.48. The van der Waals surface area contributed by atoms with E-state index in [1.54, 1.807) is 26.0 Å². The highest BCUT2D eigenvalue weighted by Crippen LogP contribution is 2.40. The summed E-state index contributed by atoms with van der Waals surface area (Å²) in [7, 11) is 0. The van der Waals surface area contributed by atoms with Crippen molar-refractivity contribution in [2.45, 2.75) is 46.2 Å². The van der Waals surface area contributed by atoms with Gasteiger partial charge in [0, 0.05) is 6.42 Å². The highest BCUT2D eigenvalue weighted by molar-refractivity contribution is 5.74. The van der Waals surface area contributed by atoms with Gasteiger partial charge in [-0.3, -0.25) is 4.79 Å². The molecule has 122 valence electrons. The predicted octanol–water partition coefficient (Wildman–Crippen LogP) is 3.71. The maximum atomic E-state index is 14.6. The number of halogens is 1. The van der Waals surface area contributed by atoms with Gasteiger partial charge >= 0.3 is 5.97 Å². The molecule has 0 bridgehead atoms. The molecule has 0 aliphatic carbocycles. The molecule has 0 radical (unpaired) electrons. The van der Waals surface area contributed by atoms with Crippen molar-refractivity contribution < 1.29 is 23.8 Å². The molecule has 0 amide bonds. The van der Waals surface area contributed by atoms with Gasteiger partial charge in [-0.15, -0.1) is 0 Å². The van der Waals surface area contributed by atoms with E-state index in [0.29, 0.717) is 35.8 Å². The number of aliphatic carboxylic acids is 1. The lowest BCUT2D eigenvalue weighted by molar-refractivity contribution is -0.146. The van der Waals surface area contributed by atoms with E-state index in [0.717, 1.165) is 6.42 Å². The van der Waals surface area contributed by atoms with E-state index < -0.39 is 17.1 Å². The van der Waals surface area contributed by atoms with E-state index in [-0.39, 0.29) is 6.42 Å². The molecule has 0 saturated heterocycles. The molecule has 1 aliphatic rings. The topological polar surface area (TPSA) is 55.8 Å². The number of alkyl halides is 1. The summed E-state index contributed by atoms with van der Waals surface area (Å²) < 4.78 is 25.8. The molecule has 22 heavy (non-hydrogen) atoms. The molecule has 1 aromatic rings. The summed E-state index contributed by atoms with van der Waals surface area (Å²) >= 11 is 0. The Labute approximate surface area is 130 Å². The minimum Gasteiger partial charge on any atom is -0.490 e. The van der Waals surface area contributed by atoms with Crippen molar-refractivity contribution in [1.82, 2.24) is 0 Å². The number of hydrogen-bond acceptors (Lipinski definition) is 3. The Bertz CT molecular complexity index is 573. The van der Waals surface area contributed by atoms with E-state index >= 15 is 0 Å². The highest BCUT2D eigenvalue weighted by Gasteiger charge is 2.32. The number of rotatable bonds is 4. The van der Waals surface area contributed by atoms with Gasteiger partial charge in [-0.2, -0.15) is 0 Å². The second-order valence-electron chi connectivity index (χ2n) is 6.84. The Morgan fingerprint density at radius 1 is 1.18 bits per heavy atom. The third kappa shape index (κ3) is 3.51. The Balaban J connectivity index is 2.51. The molecule has 1 heterocycles. The standard InChI is InChI=1S/C17H23FO4/c1-16(2,15(19)20)10-11-8-13-14(22-7-5-6-21-13)9-12(11)17(3,4)18/h8-9H,5-7,10H2,1-4H3,(H,19,20). The quantitative estimate of drug-likeness (QED) is 0.921. The molecular formula is C17H23FO4. The first-order chi connectivity index (χ1) is 10.1. The van der Waals surface area contributed by atoms with Gasteiger partial charge in [0.05, 0.1) is 18.6 Å². The highest BCUT2D eigenvalue weighted by atomic mass is 19.1. The fourth-order valence-electron chi connectivity index (χ4n) is 2.50. The molecule has 0 saturated carbocycles. The van der Waals surface area contributed by atoms with Gasteiger partial charge in [0.1, 0.15) is 5.67 Å². The zero-order valence-corrected chi connectivity index (χ0v) is 13.5. The lowest BCUT2D eigenvalue weighted by Gasteiger charge is -2.26. The van der Waals surface area contributed by atoms with Crippen LogP contribution in [0.2, 0.25) is 0 Å². The second kappa shape index (κ2) is 5.78. The minimum atomic E-state index is -1.59. The van der Waals surface area contributed by atoms with Crippen molar-refractivity contribution in [2.75, 3.05) is 13.2 Å².